The summed E-state index contributed by atoms with van der Waals surface area (Å²) >= 11 is 0. The van der Waals surface area contributed by atoms with E-state index < -0.39 is 0 Å². The van der Waals surface area contributed by atoms with Gasteiger partial charge in [0.15, 0.2) is 0 Å². The van der Waals surface area contributed by atoms with Gasteiger partial charge in [0.25, 0.3) is 0 Å². The zero-order valence-corrected chi connectivity index (χ0v) is 9.14. The lowest BCUT2D eigenvalue weighted by Gasteiger charge is -1.89. The van der Waals surface area contributed by atoms with Crippen LogP contribution in [-0.4, -0.2) is 26.3 Å². The van der Waals surface area contributed by atoms with E-state index in [4.69, 9.17) is 0 Å². The van der Waals surface area contributed by atoms with E-state index >= 15 is 0 Å². The highest BCUT2D eigenvalue weighted by atomic mass is 16.5. The van der Waals surface area contributed by atoms with E-state index in [2.05, 4.69) is 9.47 Å². The van der Waals surface area contributed by atoms with Gasteiger partial charge in [-0.05, 0) is 13.8 Å². The Morgan fingerprint density at radius 2 is 1.50 bits per heavy atom. The predicted octanol–water partition coefficient (Wildman–Crippen LogP) is 2.25. The number of esters is 1. The van der Waals surface area contributed by atoms with Gasteiger partial charge in [0.1, 0.15) is 0 Å². The lowest BCUT2D eigenvalue weighted by molar-refractivity contribution is -0.140. The van der Waals surface area contributed by atoms with Gasteiger partial charge < -0.3 is 9.47 Å². The number of hydrogen-bond acceptors (Lipinski definition) is 3. The molecule has 0 saturated heterocycles. The molecule has 0 fully saturated rings. The highest BCUT2D eigenvalue weighted by Crippen LogP contribution is 1.69. The molecule has 0 aliphatic heterocycles. The molecule has 0 radical (unpaired) electrons. The summed E-state index contributed by atoms with van der Waals surface area (Å²) in [4.78, 5) is 9.82. The van der Waals surface area contributed by atoms with Crippen LogP contribution in [0.1, 0.15) is 34.6 Å². The first-order valence-electron chi connectivity index (χ1n) is 4.31. The van der Waals surface area contributed by atoms with Crippen molar-refractivity contribution in [1.82, 2.24) is 0 Å². The van der Waals surface area contributed by atoms with E-state index in [1.165, 1.54) is 6.92 Å². The number of hydrogen-bond donors (Lipinski definition) is 0. The molecule has 0 bridgehead atoms. The molecular formula is C9H22O3. The quantitative estimate of drug-likeness (QED) is 0.608. The SMILES string of the molecule is CC.CCOC.CCOC(C)=O. The van der Waals surface area contributed by atoms with Crippen LogP contribution in [0.3, 0.4) is 0 Å². The second-order valence-electron chi connectivity index (χ2n) is 1.50. The standard InChI is InChI=1S/C4H8O2.C3H8O.C2H6/c1-3-6-4(2)5;1-3-4-2;1-2/h3H2,1-2H3;3H2,1-2H3;1-2H3. The molecule has 0 heterocycles. The average molecular weight is 178 g/mol. The van der Waals surface area contributed by atoms with Crippen LogP contribution in [0, 0.1) is 0 Å². The zero-order valence-electron chi connectivity index (χ0n) is 9.14. The lowest BCUT2D eigenvalue weighted by atomic mass is 10.8. The van der Waals surface area contributed by atoms with E-state index in [0.717, 1.165) is 6.61 Å². The smallest absolute Gasteiger partial charge is 0.302 e. The van der Waals surface area contributed by atoms with Crippen molar-refractivity contribution in [2.75, 3.05) is 20.3 Å². The second-order valence-corrected chi connectivity index (χ2v) is 1.50. The molecule has 0 aromatic rings. The Labute approximate surface area is 76.1 Å². The van der Waals surface area contributed by atoms with Crippen LogP contribution in [0.15, 0.2) is 0 Å². The van der Waals surface area contributed by atoms with Gasteiger partial charge in [-0.15, -0.1) is 0 Å². The molecule has 3 nitrogen and oxygen atoms in total. The number of rotatable bonds is 2. The first kappa shape index (κ1) is 17.5. The molecule has 3 heteroatoms. The first-order valence-corrected chi connectivity index (χ1v) is 4.31. The van der Waals surface area contributed by atoms with E-state index in [1.54, 1.807) is 14.0 Å². The Morgan fingerprint density at radius 1 is 1.17 bits per heavy atom. The summed E-state index contributed by atoms with van der Waals surface area (Å²) in [7, 11) is 1.68. The predicted molar refractivity (Wildman–Crippen MR) is 51.2 cm³/mol. The largest absolute Gasteiger partial charge is 0.466 e. The summed E-state index contributed by atoms with van der Waals surface area (Å²) in [5.74, 6) is -0.211. The van der Waals surface area contributed by atoms with Crippen LogP contribution in [0.5, 0.6) is 0 Å². The fourth-order valence-electron chi connectivity index (χ4n) is 0.203. The maximum atomic E-state index is 9.82. The van der Waals surface area contributed by atoms with Gasteiger partial charge in [-0.1, -0.05) is 13.8 Å². The maximum Gasteiger partial charge on any atom is 0.302 e. The topological polar surface area (TPSA) is 35.5 Å². The molecule has 0 atom stereocenters. The van der Waals surface area contributed by atoms with Crippen LogP contribution in [0.25, 0.3) is 0 Å². The van der Waals surface area contributed by atoms with E-state index in [-0.39, 0.29) is 5.97 Å². The molecule has 0 amide bonds. The molecule has 76 valence electrons. The summed E-state index contributed by atoms with van der Waals surface area (Å²) in [5.41, 5.74) is 0. The minimum atomic E-state index is -0.211. The van der Waals surface area contributed by atoms with Crippen LogP contribution in [-0.2, 0) is 14.3 Å². The van der Waals surface area contributed by atoms with Crippen molar-refractivity contribution in [3.63, 3.8) is 0 Å². The lowest BCUT2D eigenvalue weighted by Crippen LogP contribution is -1.95. The van der Waals surface area contributed by atoms with Gasteiger partial charge in [0.2, 0.25) is 0 Å². The van der Waals surface area contributed by atoms with Crippen molar-refractivity contribution in [2.45, 2.75) is 34.6 Å². The van der Waals surface area contributed by atoms with Crippen LogP contribution < -0.4 is 0 Å². The van der Waals surface area contributed by atoms with E-state index in [9.17, 15) is 4.79 Å². The van der Waals surface area contributed by atoms with Gasteiger partial charge in [-0.25, -0.2) is 0 Å². The molecule has 0 aliphatic rings. The minimum Gasteiger partial charge on any atom is -0.466 e. The Morgan fingerprint density at radius 3 is 1.50 bits per heavy atom. The Bertz CT molecular complexity index is 70.2. The molecular weight excluding hydrogens is 156 g/mol. The summed E-state index contributed by atoms with van der Waals surface area (Å²) in [6.07, 6.45) is 0. The normalized spacial score (nSPS) is 6.83. The maximum absolute atomic E-state index is 9.82. The number of carbonyl (C=O) groups is 1. The van der Waals surface area contributed by atoms with Crippen molar-refractivity contribution in [3.05, 3.63) is 0 Å². The average Bonchev–Trinajstić information content (AvgIpc) is 2.08. The molecule has 0 aromatic heterocycles. The molecule has 0 spiro atoms. The zero-order chi connectivity index (χ0) is 10.4. The summed E-state index contributed by atoms with van der Waals surface area (Å²) in [6, 6.07) is 0. The van der Waals surface area contributed by atoms with Crippen LogP contribution >= 0.6 is 0 Å². The first-order chi connectivity index (χ1) is 5.68. The Hall–Kier alpha value is -0.570. The number of ether oxygens (including phenoxy) is 2. The monoisotopic (exact) mass is 178 g/mol. The van der Waals surface area contributed by atoms with Gasteiger partial charge in [0, 0.05) is 20.6 Å². The molecule has 12 heavy (non-hydrogen) atoms. The molecule has 0 rings (SSSR count). The fraction of sp³-hybridized carbons (Fsp3) is 0.889. The minimum absolute atomic E-state index is 0.211. The van der Waals surface area contributed by atoms with Gasteiger partial charge in [0.05, 0.1) is 6.61 Å². The third-order valence-electron chi connectivity index (χ3n) is 0.636. The van der Waals surface area contributed by atoms with Crippen molar-refractivity contribution < 1.29 is 14.3 Å². The number of carbonyl (C=O) groups excluding carboxylic acids is 1. The van der Waals surface area contributed by atoms with Crippen molar-refractivity contribution in [3.8, 4) is 0 Å². The van der Waals surface area contributed by atoms with E-state index in [1.807, 2.05) is 20.8 Å². The third-order valence-corrected chi connectivity index (χ3v) is 0.636. The van der Waals surface area contributed by atoms with Gasteiger partial charge in [-0.3, -0.25) is 4.79 Å². The van der Waals surface area contributed by atoms with Gasteiger partial charge in [-0.2, -0.15) is 0 Å². The summed E-state index contributed by atoms with van der Waals surface area (Å²) in [6.45, 7) is 10.4. The van der Waals surface area contributed by atoms with Crippen molar-refractivity contribution in [1.29, 1.82) is 0 Å². The fourth-order valence-corrected chi connectivity index (χ4v) is 0.203. The Balaban J connectivity index is -0.000000118. The molecule has 0 unspecified atom stereocenters. The summed E-state index contributed by atoms with van der Waals surface area (Å²) in [5, 5.41) is 0. The highest BCUT2D eigenvalue weighted by Gasteiger charge is 1.81. The Kier molecular flexibility index (Phi) is 32.7. The summed E-state index contributed by atoms with van der Waals surface area (Å²) < 4.78 is 8.94. The van der Waals surface area contributed by atoms with Crippen molar-refractivity contribution in [2.24, 2.45) is 0 Å². The molecule has 0 N–H and O–H groups in total. The molecule has 0 aliphatic carbocycles. The van der Waals surface area contributed by atoms with Crippen LogP contribution in [0.2, 0.25) is 0 Å². The second kappa shape index (κ2) is 22.4. The molecule has 0 aromatic carbocycles. The van der Waals surface area contributed by atoms with Gasteiger partial charge >= 0.3 is 5.97 Å². The van der Waals surface area contributed by atoms with Crippen LogP contribution in [0.4, 0.5) is 0 Å². The number of methoxy groups -OCH3 is 1. The van der Waals surface area contributed by atoms with E-state index in [0.29, 0.717) is 6.61 Å². The van der Waals surface area contributed by atoms with Crippen molar-refractivity contribution >= 4 is 5.97 Å². The highest BCUT2D eigenvalue weighted by molar-refractivity contribution is 5.65. The third kappa shape index (κ3) is 57.0. The molecule has 0 saturated carbocycles.